The first-order valence-corrected chi connectivity index (χ1v) is 3.63. The predicted octanol–water partition coefficient (Wildman–Crippen LogP) is 1.60. The zero-order valence-electron chi connectivity index (χ0n) is 7.29. The van der Waals surface area contributed by atoms with E-state index in [9.17, 15) is 9.59 Å². The Morgan fingerprint density at radius 2 is 2.08 bits per heavy atom. The van der Waals surface area contributed by atoms with E-state index in [1.807, 2.05) is 0 Å². The molecule has 0 aromatic rings. The summed E-state index contributed by atoms with van der Waals surface area (Å²) in [4.78, 5) is 21.4. The Morgan fingerprint density at radius 1 is 1.50 bits per heavy atom. The summed E-state index contributed by atoms with van der Waals surface area (Å²) in [6.45, 7) is 6.70. The Balaban J connectivity index is 3.85. The van der Waals surface area contributed by atoms with Gasteiger partial charge in [0.15, 0.2) is 5.78 Å². The van der Waals surface area contributed by atoms with Gasteiger partial charge in [0.1, 0.15) is 0 Å². The molecule has 3 heteroatoms. The van der Waals surface area contributed by atoms with E-state index in [1.54, 1.807) is 13.8 Å². The molecular formula is C9H12O3. The Morgan fingerprint density at radius 3 is 2.50 bits per heavy atom. The van der Waals surface area contributed by atoms with Crippen LogP contribution in [-0.4, -0.2) is 11.8 Å². The SMILES string of the molecule is C=C(C)C(=O)C=COC(=O)CC. The molecule has 0 heterocycles. The van der Waals surface area contributed by atoms with Gasteiger partial charge in [-0.2, -0.15) is 0 Å². The number of allylic oxidation sites excluding steroid dienone is 2. The van der Waals surface area contributed by atoms with Gasteiger partial charge in [-0.25, -0.2) is 0 Å². The standard InChI is InChI=1S/C9H12O3/c1-4-9(11)12-6-5-8(10)7(2)3/h5-6H,2,4H2,1,3H3. The van der Waals surface area contributed by atoms with Crippen molar-refractivity contribution in [3.8, 4) is 0 Å². The molecular weight excluding hydrogens is 156 g/mol. The van der Waals surface area contributed by atoms with E-state index < -0.39 is 0 Å². The number of carbonyl (C=O) groups is 2. The fourth-order valence-electron chi connectivity index (χ4n) is 0.397. The van der Waals surface area contributed by atoms with Crippen molar-refractivity contribution < 1.29 is 14.3 Å². The van der Waals surface area contributed by atoms with Crippen LogP contribution >= 0.6 is 0 Å². The lowest BCUT2D eigenvalue weighted by atomic mass is 10.2. The Hall–Kier alpha value is -1.38. The smallest absolute Gasteiger partial charge is 0.310 e. The fourth-order valence-corrected chi connectivity index (χ4v) is 0.397. The van der Waals surface area contributed by atoms with Gasteiger partial charge in [-0.3, -0.25) is 9.59 Å². The molecule has 0 bridgehead atoms. The van der Waals surface area contributed by atoms with Crippen molar-refractivity contribution in [2.75, 3.05) is 0 Å². The van der Waals surface area contributed by atoms with Gasteiger partial charge in [-0.1, -0.05) is 13.5 Å². The van der Waals surface area contributed by atoms with E-state index in [-0.39, 0.29) is 11.8 Å². The highest BCUT2D eigenvalue weighted by molar-refractivity contribution is 6.02. The van der Waals surface area contributed by atoms with E-state index in [2.05, 4.69) is 11.3 Å². The molecule has 66 valence electrons. The Bertz CT molecular complexity index is 226. The largest absolute Gasteiger partial charge is 0.434 e. The lowest BCUT2D eigenvalue weighted by Gasteiger charge is -1.93. The number of carbonyl (C=O) groups excluding carboxylic acids is 2. The van der Waals surface area contributed by atoms with Gasteiger partial charge < -0.3 is 4.74 Å². The third kappa shape index (κ3) is 4.44. The normalized spacial score (nSPS) is 9.83. The van der Waals surface area contributed by atoms with Gasteiger partial charge in [0.25, 0.3) is 0 Å². The second-order valence-corrected chi connectivity index (χ2v) is 2.29. The summed E-state index contributed by atoms with van der Waals surface area (Å²) in [6, 6.07) is 0. The van der Waals surface area contributed by atoms with E-state index >= 15 is 0 Å². The number of esters is 1. The van der Waals surface area contributed by atoms with Crippen LogP contribution in [0.5, 0.6) is 0 Å². The van der Waals surface area contributed by atoms with Gasteiger partial charge in [0, 0.05) is 12.5 Å². The second kappa shape index (κ2) is 5.29. The van der Waals surface area contributed by atoms with Gasteiger partial charge in [0.05, 0.1) is 6.26 Å². The average molecular weight is 168 g/mol. The van der Waals surface area contributed by atoms with Crippen molar-refractivity contribution in [1.82, 2.24) is 0 Å². The van der Waals surface area contributed by atoms with Crippen LogP contribution in [0.1, 0.15) is 20.3 Å². The molecule has 0 fully saturated rings. The molecule has 12 heavy (non-hydrogen) atoms. The summed E-state index contributed by atoms with van der Waals surface area (Å²) in [7, 11) is 0. The molecule has 0 saturated carbocycles. The number of hydrogen-bond donors (Lipinski definition) is 0. The van der Waals surface area contributed by atoms with Crippen LogP contribution in [0.2, 0.25) is 0 Å². The average Bonchev–Trinajstić information content (AvgIpc) is 2.03. The summed E-state index contributed by atoms with van der Waals surface area (Å²) in [5, 5.41) is 0. The van der Waals surface area contributed by atoms with Crippen LogP contribution in [0.25, 0.3) is 0 Å². The highest BCUT2D eigenvalue weighted by atomic mass is 16.5. The van der Waals surface area contributed by atoms with Crippen molar-refractivity contribution in [3.05, 3.63) is 24.5 Å². The van der Waals surface area contributed by atoms with Crippen LogP contribution in [0, 0.1) is 0 Å². The lowest BCUT2D eigenvalue weighted by Crippen LogP contribution is -1.98. The quantitative estimate of drug-likeness (QED) is 0.364. The fraction of sp³-hybridized carbons (Fsp3) is 0.333. The van der Waals surface area contributed by atoms with Crippen molar-refractivity contribution in [2.24, 2.45) is 0 Å². The van der Waals surface area contributed by atoms with E-state index in [0.29, 0.717) is 12.0 Å². The van der Waals surface area contributed by atoms with Crippen LogP contribution in [-0.2, 0) is 14.3 Å². The second-order valence-electron chi connectivity index (χ2n) is 2.29. The topological polar surface area (TPSA) is 43.4 Å². The van der Waals surface area contributed by atoms with Crippen LogP contribution in [0.4, 0.5) is 0 Å². The van der Waals surface area contributed by atoms with Crippen molar-refractivity contribution >= 4 is 11.8 Å². The van der Waals surface area contributed by atoms with E-state index in [1.165, 1.54) is 6.08 Å². The minimum absolute atomic E-state index is 0.237. The molecule has 0 saturated heterocycles. The molecule has 0 spiro atoms. The van der Waals surface area contributed by atoms with Gasteiger partial charge in [-0.15, -0.1) is 0 Å². The highest BCUT2D eigenvalue weighted by Gasteiger charge is 1.97. The molecule has 0 unspecified atom stereocenters. The zero-order valence-corrected chi connectivity index (χ0v) is 7.29. The molecule has 0 atom stereocenters. The molecule has 0 aliphatic rings. The van der Waals surface area contributed by atoms with E-state index in [0.717, 1.165) is 6.26 Å². The summed E-state index contributed by atoms with van der Waals surface area (Å²) < 4.78 is 4.53. The van der Waals surface area contributed by atoms with Crippen molar-refractivity contribution in [3.63, 3.8) is 0 Å². The molecule has 0 N–H and O–H groups in total. The number of hydrogen-bond acceptors (Lipinski definition) is 3. The summed E-state index contributed by atoms with van der Waals surface area (Å²) in [5.41, 5.74) is 0.416. The van der Waals surface area contributed by atoms with Crippen molar-refractivity contribution in [1.29, 1.82) is 0 Å². The van der Waals surface area contributed by atoms with Crippen LogP contribution < -0.4 is 0 Å². The molecule has 0 aromatic heterocycles. The first kappa shape index (κ1) is 10.6. The number of ketones is 1. The first-order chi connectivity index (χ1) is 5.57. The molecule has 0 amide bonds. The highest BCUT2D eigenvalue weighted by Crippen LogP contribution is 1.92. The van der Waals surface area contributed by atoms with Gasteiger partial charge in [-0.05, 0) is 12.5 Å². The summed E-state index contributed by atoms with van der Waals surface area (Å²) in [5.74, 6) is -0.598. The Labute approximate surface area is 71.7 Å². The maximum absolute atomic E-state index is 10.8. The van der Waals surface area contributed by atoms with Gasteiger partial charge >= 0.3 is 5.97 Å². The van der Waals surface area contributed by atoms with Gasteiger partial charge in [0.2, 0.25) is 0 Å². The summed E-state index contributed by atoms with van der Waals surface area (Å²) in [6.07, 6.45) is 2.56. The maximum Gasteiger partial charge on any atom is 0.310 e. The summed E-state index contributed by atoms with van der Waals surface area (Å²) >= 11 is 0. The Kier molecular flexibility index (Phi) is 4.69. The molecule has 0 rings (SSSR count). The third-order valence-corrected chi connectivity index (χ3v) is 1.13. The zero-order chi connectivity index (χ0) is 9.56. The lowest BCUT2D eigenvalue weighted by molar-refractivity contribution is -0.137. The maximum atomic E-state index is 10.8. The van der Waals surface area contributed by atoms with Crippen LogP contribution in [0.15, 0.2) is 24.5 Å². The minimum atomic E-state index is -0.360. The molecule has 0 aliphatic heterocycles. The molecule has 0 aromatic carbocycles. The first-order valence-electron chi connectivity index (χ1n) is 3.63. The minimum Gasteiger partial charge on any atom is -0.434 e. The number of ether oxygens (including phenoxy) is 1. The molecule has 0 aliphatic carbocycles. The molecule has 0 radical (unpaired) electrons. The van der Waals surface area contributed by atoms with Crippen molar-refractivity contribution in [2.45, 2.75) is 20.3 Å². The monoisotopic (exact) mass is 168 g/mol. The molecule has 3 nitrogen and oxygen atoms in total. The third-order valence-electron chi connectivity index (χ3n) is 1.13. The van der Waals surface area contributed by atoms with Crippen LogP contribution in [0.3, 0.4) is 0 Å². The predicted molar refractivity (Wildman–Crippen MR) is 45.3 cm³/mol. The number of rotatable bonds is 4. The van der Waals surface area contributed by atoms with E-state index in [4.69, 9.17) is 0 Å².